The normalized spacial score (nSPS) is 11.8. The molecule has 0 bridgehead atoms. The van der Waals surface area contributed by atoms with Crippen molar-refractivity contribution in [2.45, 2.75) is 14.7 Å². The zero-order valence-electron chi connectivity index (χ0n) is 13.3. The van der Waals surface area contributed by atoms with Crippen LogP contribution in [0.15, 0.2) is 45.0 Å². The molecule has 2 aromatic carbocycles. The van der Waals surface area contributed by atoms with Crippen molar-refractivity contribution in [3.63, 3.8) is 0 Å². The molecule has 0 fully saturated rings. The zero-order valence-corrected chi connectivity index (χ0v) is 21.7. The standard InChI is InChI=1S/C10H8O9S3.3Na/c11-20(12,13)6-1-2-7-8(5-6)10(22(17,18)19)4-3-9(7)21(14,15)16;;;/h1-5H,(H,11,12,13)(H,14,15,16)(H,17,18,19);;;/q;3*+1/p-3. The van der Waals surface area contributed by atoms with E-state index < -0.39 is 55.8 Å². The smallest absolute Gasteiger partial charge is 0.744 e. The Labute approximate surface area is 210 Å². The molecule has 0 aliphatic carbocycles. The summed E-state index contributed by atoms with van der Waals surface area (Å²) in [5.41, 5.74) is 0. The summed E-state index contributed by atoms with van der Waals surface area (Å²) < 4.78 is 99.7. The first-order valence-electron chi connectivity index (χ1n) is 5.26. The quantitative estimate of drug-likeness (QED) is 0.336. The predicted octanol–water partition coefficient (Wildman–Crippen LogP) is -9.44. The minimum atomic E-state index is -5.10. The van der Waals surface area contributed by atoms with Gasteiger partial charge in [-0.05, 0) is 24.3 Å². The van der Waals surface area contributed by atoms with E-state index >= 15 is 0 Å². The molecule has 15 heteroatoms. The maximum Gasteiger partial charge on any atom is 1.00 e. The Morgan fingerprint density at radius 2 is 0.960 bits per heavy atom. The van der Waals surface area contributed by atoms with Crippen LogP contribution in [0.4, 0.5) is 0 Å². The van der Waals surface area contributed by atoms with Crippen molar-refractivity contribution < 1.29 is 128 Å². The summed E-state index contributed by atoms with van der Waals surface area (Å²) in [4.78, 5) is -2.66. The Bertz CT molecular complexity index is 1090. The largest absolute Gasteiger partial charge is 1.00 e. The molecule has 9 nitrogen and oxygen atoms in total. The molecule has 0 heterocycles. The maximum absolute atomic E-state index is 11.2. The van der Waals surface area contributed by atoms with Gasteiger partial charge >= 0.3 is 88.7 Å². The third-order valence-corrected chi connectivity index (χ3v) is 5.36. The molecule has 0 N–H and O–H groups in total. The van der Waals surface area contributed by atoms with E-state index in [9.17, 15) is 38.9 Å². The summed E-state index contributed by atoms with van der Waals surface area (Å²) in [6.45, 7) is 0. The van der Waals surface area contributed by atoms with Gasteiger partial charge in [-0.25, -0.2) is 25.3 Å². The van der Waals surface area contributed by atoms with Crippen molar-refractivity contribution in [3.8, 4) is 0 Å². The van der Waals surface area contributed by atoms with Crippen LogP contribution in [0.5, 0.6) is 0 Å². The Morgan fingerprint density at radius 1 is 0.560 bits per heavy atom. The van der Waals surface area contributed by atoms with Crippen molar-refractivity contribution in [1.29, 1.82) is 0 Å². The van der Waals surface area contributed by atoms with Crippen molar-refractivity contribution in [2.24, 2.45) is 0 Å². The molecule has 0 saturated carbocycles. The fourth-order valence-electron chi connectivity index (χ4n) is 1.86. The number of fused-ring (bicyclic) bond motifs is 1. The van der Waals surface area contributed by atoms with E-state index in [1.54, 1.807) is 0 Å². The van der Waals surface area contributed by atoms with E-state index in [0.29, 0.717) is 24.3 Å². The molecule has 120 valence electrons. The Kier molecular flexibility index (Phi) is 11.2. The third-order valence-electron chi connectivity index (χ3n) is 2.74. The summed E-state index contributed by atoms with van der Waals surface area (Å²) in [6.07, 6.45) is 0. The van der Waals surface area contributed by atoms with E-state index in [1.807, 2.05) is 0 Å². The average Bonchev–Trinajstić information content (AvgIpc) is 2.33. The van der Waals surface area contributed by atoms with Gasteiger partial charge in [-0.15, -0.1) is 0 Å². The van der Waals surface area contributed by atoms with Crippen molar-refractivity contribution >= 4 is 41.1 Å². The van der Waals surface area contributed by atoms with Gasteiger partial charge in [-0.1, -0.05) is 6.07 Å². The van der Waals surface area contributed by atoms with Gasteiger partial charge in [0.15, 0.2) is 0 Å². The van der Waals surface area contributed by atoms with Gasteiger partial charge in [-0.2, -0.15) is 0 Å². The summed E-state index contributed by atoms with van der Waals surface area (Å²) >= 11 is 0. The van der Waals surface area contributed by atoms with Crippen LogP contribution >= 0.6 is 0 Å². The minimum absolute atomic E-state index is 0. The summed E-state index contributed by atoms with van der Waals surface area (Å²) in [7, 11) is -15.1. The van der Waals surface area contributed by atoms with Gasteiger partial charge in [0.2, 0.25) is 0 Å². The second-order valence-corrected chi connectivity index (χ2v) is 8.21. The molecule has 25 heavy (non-hydrogen) atoms. The van der Waals surface area contributed by atoms with Crippen LogP contribution < -0.4 is 88.7 Å². The molecular formula is C10H5Na3O9S3. The number of hydrogen-bond acceptors (Lipinski definition) is 9. The van der Waals surface area contributed by atoms with E-state index in [0.717, 1.165) is 6.07 Å². The van der Waals surface area contributed by atoms with Crippen LogP contribution in [0.25, 0.3) is 10.8 Å². The Hall–Kier alpha value is 1.43. The Morgan fingerprint density at radius 3 is 1.32 bits per heavy atom. The van der Waals surface area contributed by atoms with Crippen LogP contribution in [0, 0.1) is 0 Å². The number of hydrogen-bond donors (Lipinski definition) is 0. The molecule has 0 amide bonds. The number of benzene rings is 2. The van der Waals surface area contributed by atoms with E-state index in [1.165, 1.54) is 0 Å². The first-order valence-corrected chi connectivity index (χ1v) is 9.49. The van der Waals surface area contributed by atoms with Crippen LogP contribution in [0.3, 0.4) is 0 Å². The predicted molar refractivity (Wildman–Crippen MR) is 67.8 cm³/mol. The molecule has 0 aliphatic heterocycles. The zero-order chi connectivity index (χ0) is 16.9. The second kappa shape index (κ2) is 9.76. The Balaban J connectivity index is 0. The van der Waals surface area contributed by atoms with Gasteiger partial charge in [0.25, 0.3) is 0 Å². The molecule has 0 radical (unpaired) electrons. The van der Waals surface area contributed by atoms with Gasteiger partial charge in [0.05, 0.1) is 14.7 Å². The topological polar surface area (TPSA) is 172 Å². The molecule has 0 aliphatic rings. The molecule has 0 unspecified atom stereocenters. The second-order valence-electron chi connectivity index (χ2n) is 4.13. The van der Waals surface area contributed by atoms with Crippen LogP contribution in [0.1, 0.15) is 0 Å². The molecule has 0 spiro atoms. The van der Waals surface area contributed by atoms with E-state index in [2.05, 4.69) is 0 Å². The fraction of sp³-hybridized carbons (Fsp3) is 0. The monoisotopic (exact) mass is 434 g/mol. The van der Waals surface area contributed by atoms with Gasteiger partial charge < -0.3 is 13.7 Å². The molecule has 0 saturated heterocycles. The van der Waals surface area contributed by atoms with Gasteiger partial charge in [-0.3, -0.25) is 0 Å². The summed E-state index contributed by atoms with van der Waals surface area (Å²) in [5.74, 6) is 0. The molecular weight excluding hydrogens is 429 g/mol. The molecule has 2 aromatic rings. The first kappa shape index (κ1) is 28.6. The van der Waals surface area contributed by atoms with Crippen molar-refractivity contribution in [3.05, 3.63) is 30.3 Å². The van der Waals surface area contributed by atoms with Crippen molar-refractivity contribution in [2.75, 3.05) is 0 Å². The minimum Gasteiger partial charge on any atom is -0.744 e. The number of rotatable bonds is 3. The van der Waals surface area contributed by atoms with Crippen LogP contribution in [-0.2, 0) is 30.4 Å². The third kappa shape index (κ3) is 6.76. The SMILES string of the molecule is O=S(=O)([O-])c1ccc2c(S(=O)(=O)[O-])ccc(S(=O)(=O)[O-])c2c1.[Na+].[Na+].[Na+]. The van der Waals surface area contributed by atoms with E-state index in [-0.39, 0.29) is 88.7 Å². The summed E-state index contributed by atoms with van der Waals surface area (Å²) in [6, 6.07) is 3.22. The molecule has 0 aromatic heterocycles. The fourth-order valence-corrected chi connectivity index (χ4v) is 3.72. The maximum atomic E-state index is 11.2. The van der Waals surface area contributed by atoms with Crippen molar-refractivity contribution in [1.82, 2.24) is 0 Å². The van der Waals surface area contributed by atoms with Crippen LogP contribution in [0.2, 0.25) is 0 Å². The van der Waals surface area contributed by atoms with Gasteiger partial charge in [0.1, 0.15) is 30.4 Å². The van der Waals surface area contributed by atoms with Crippen LogP contribution in [-0.4, -0.2) is 38.9 Å². The molecule has 0 atom stereocenters. The van der Waals surface area contributed by atoms with Gasteiger partial charge in [0, 0.05) is 10.8 Å². The average molecular weight is 434 g/mol. The molecule has 2 rings (SSSR count). The summed E-state index contributed by atoms with van der Waals surface area (Å²) in [5, 5.41) is -1.11. The van der Waals surface area contributed by atoms with E-state index in [4.69, 9.17) is 0 Å². The first-order chi connectivity index (χ1) is 9.82.